The molecule has 5 nitrogen and oxygen atoms in total. The zero-order valence-corrected chi connectivity index (χ0v) is 12.1. The van der Waals surface area contributed by atoms with E-state index in [-0.39, 0.29) is 11.7 Å². The van der Waals surface area contributed by atoms with Gasteiger partial charge in [0.2, 0.25) is 0 Å². The molecule has 0 bridgehead atoms. The maximum atomic E-state index is 12.2. The van der Waals surface area contributed by atoms with Crippen molar-refractivity contribution < 1.29 is 5.11 Å². The monoisotopic (exact) mass is 275 g/mol. The standard InChI is InChI=1S/C15H21N3O2/c1-11(2)17-8-9-18(15(17)20)13-6-4-12(5-7-13)14(19)10-16-3/h4-9,11,14,16,19H,10H2,1-3H3. The van der Waals surface area contributed by atoms with E-state index in [1.165, 1.54) is 0 Å². The van der Waals surface area contributed by atoms with Crippen LogP contribution in [0, 0.1) is 0 Å². The van der Waals surface area contributed by atoms with Crippen molar-refractivity contribution in [1.82, 2.24) is 14.5 Å². The Kier molecular flexibility index (Phi) is 4.42. The van der Waals surface area contributed by atoms with Crippen molar-refractivity contribution in [2.75, 3.05) is 13.6 Å². The first-order valence-corrected chi connectivity index (χ1v) is 6.77. The number of rotatable bonds is 5. The fourth-order valence-electron chi connectivity index (χ4n) is 2.15. The van der Waals surface area contributed by atoms with Gasteiger partial charge in [0.1, 0.15) is 0 Å². The van der Waals surface area contributed by atoms with Crippen molar-refractivity contribution in [1.29, 1.82) is 0 Å². The number of nitrogens with one attached hydrogen (secondary N) is 1. The zero-order valence-electron chi connectivity index (χ0n) is 12.1. The highest BCUT2D eigenvalue weighted by Crippen LogP contribution is 2.15. The molecule has 1 aromatic heterocycles. The van der Waals surface area contributed by atoms with Crippen LogP contribution < -0.4 is 11.0 Å². The first-order valence-electron chi connectivity index (χ1n) is 6.77. The summed E-state index contributed by atoms with van der Waals surface area (Å²) < 4.78 is 3.29. The first-order chi connectivity index (χ1) is 9.54. The van der Waals surface area contributed by atoms with Crippen molar-refractivity contribution in [3.63, 3.8) is 0 Å². The molecule has 20 heavy (non-hydrogen) atoms. The molecule has 1 heterocycles. The van der Waals surface area contributed by atoms with Gasteiger partial charge in [-0.1, -0.05) is 12.1 Å². The van der Waals surface area contributed by atoms with Crippen molar-refractivity contribution in [3.05, 3.63) is 52.7 Å². The van der Waals surface area contributed by atoms with Crippen LogP contribution in [0.2, 0.25) is 0 Å². The first kappa shape index (κ1) is 14.6. The number of nitrogens with zero attached hydrogens (tertiary/aromatic N) is 2. The Bertz CT molecular complexity index is 611. The molecule has 1 atom stereocenters. The van der Waals surface area contributed by atoms with Crippen LogP contribution in [0.1, 0.15) is 31.6 Å². The molecule has 0 amide bonds. The Morgan fingerprint density at radius 2 is 1.85 bits per heavy atom. The summed E-state index contributed by atoms with van der Waals surface area (Å²) in [7, 11) is 1.80. The largest absolute Gasteiger partial charge is 0.387 e. The van der Waals surface area contributed by atoms with Gasteiger partial charge >= 0.3 is 5.69 Å². The lowest BCUT2D eigenvalue weighted by molar-refractivity contribution is 0.178. The average molecular weight is 275 g/mol. The normalized spacial score (nSPS) is 12.8. The van der Waals surface area contributed by atoms with Crippen LogP contribution in [0.4, 0.5) is 0 Å². The molecule has 0 radical (unpaired) electrons. The molecule has 2 rings (SSSR count). The Morgan fingerprint density at radius 3 is 2.35 bits per heavy atom. The number of aliphatic hydroxyl groups excluding tert-OH is 1. The minimum atomic E-state index is -0.536. The number of hydrogen-bond acceptors (Lipinski definition) is 3. The molecule has 2 aromatic rings. The molecule has 0 spiro atoms. The summed E-state index contributed by atoms with van der Waals surface area (Å²) in [5.41, 5.74) is 1.58. The fraction of sp³-hybridized carbons (Fsp3) is 0.400. The van der Waals surface area contributed by atoms with E-state index in [2.05, 4.69) is 5.32 Å². The van der Waals surface area contributed by atoms with Crippen LogP contribution in [-0.4, -0.2) is 27.8 Å². The summed E-state index contributed by atoms with van der Waals surface area (Å²) in [5, 5.41) is 12.8. The number of aromatic nitrogens is 2. The molecule has 108 valence electrons. The van der Waals surface area contributed by atoms with Gasteiger partial charge in [0.25, 0.3) is 0 Å². The minimum Gasteiger partial charge on any atom is -0.387 e. The van der Waals surface area contributed by atoms with Gasteiger partial charge in [-0.15, -0.1) is 0 Å². The number of hydrogen-bond donors (Lipinski definition) is 2. The molecule has 5 heteroatoms. The third kappa shape index (κ3) is 2.84. The quantitative estimate of drug-likeness (QED) is 0.869. The van der Waals surface area contributed by atoms with E-state index in [0.29, 0.717) is 6.54 Å². The number of benzene rings is 1. The van der Waals surface area contributed by atoms with E-state index in [0.717, 1.165) is 11.3 Å². The smallest absolute Gasteiger partial charge is 0.332 e. The Hall–Kier alpha value is -1.85. The molecule has 0 saturated heterocycles. The van der Waals surface area contributed by atoms with Crippen LogP contribution in [0.3, 0.4) is 0 Å². The van der Waals surface area contributed by atoms with Crippen molar-refractivity contribution >= 4 is 0 Å². The fourth-order valence-corrected chi connectivity index (χ4v) is 2.15. The minimum absolute atomic E-state index is 0.0523. The van der Waals surface area contributed by atoms with Crippen LogP contribution in [0.5, 0.6) is 0 Å². The van der Waals surface area contributed by atoms with E-state index < -0.39 is 6.10 Å². The van der Waals surface area contributed by atoms with Crippen molar-refractivity contribution in [2.24, 2.45) is 0 Å². The van der Waals surface area contributed by atoms with Gasteiger partial charge in [0, 0.05) is 25.0 Å². The molecular weight excluding hydrogens is 254 g/mol. The molecule has 0 aliphatic rings. The molecular formula is C15H21N3O2. The second kappa shape index (κ2) is 6.07. The summed E-state index contributed by atoms with van der Waals surface area (Å²) in [6, 6.07) is 7.52. The molecule has 1 unspecified atom stereocenters. The Labute approximate surface area is 118 Å². The molecule has 0 aliphatic carbocycles. The highest BCUT2D eigenvalue weighted by Gasteiger charge is 2.09. The lowest BCUT2D eigenvalue weighted by Crippen LogP contribution is -2.24. The predicted octanol–water partition coefficient (Wildman–Crippen LogP) is 1.47. The van der Waals surface area contributed by atoms with E-state index >= 15 is 0 Å². The summed E-state index contributed by atoms with van der Waals surface area (Å²) in [5.74, 6) is 0. The zero-order chi connectivity index (χ0) is 14.7. The van der Waals surface area contributed by atoms with Gasteiger partial charge in [0.05, 0.1) is 11.8 Å². The lowest BCUT2D eigenvalue weighted by atomic mass is 10.1. The molecule has 1 aromatic carbocycles. The Balaban J connectivity index is 2.29. The van der Waals surface area contributed by atoms with Crippen molar-refractivity contribution in [2.45, 2.75) is 26.0 Å². The van der Waals surface area contributed by atoms with Gasteiger partial charge in [-0.2, -0.15) is 0 Å². The average Bonchev–Trinajstić information content (AvgIpc) is 2.81. The summed E-state index contributed by atoms with van der Waals surface area (Å²) in [6.07, 6.45) is 3.02. The SMILES string of the molecule is CNCC(O)c1ccc(-n2ccn(C(C)C)c2=O)cc1. The molecule has 0 fully saturated rings. The topological polar surface area (TPSA) is 59.2 Å². The summed E-state index contributed by atoms with van der Waals surface area (Å²) in [6.45, 7) is 4.45. The lowest BCUT2D eigenvalue weighted by Gasteiger charge is -2.11. The third-order valence-corrected chi connectivity index (χ3v) is 3.31. The Morgan fingerprint density at radius 1 is 1.20 bits per heavy atom. The van der Waals surface area contributed by atoms with E-state index in [4.69, 9.17) is 0 Å². The second-order valence-corrected chi connectivity index (χ2v) is 5.12. The maximum Gasteiger partial charge on any atom is 0.332 e. The number of likely N-dealkylation sites (N-methyl/N-ethyl adjacent to an activating group) is 1. The van der Waals surface area contributed by atoms with Gasteiger partial charge in [-0.05, 0) is 38.6 Å². The van der Waals surface area contributed by atoms with Crippen LogP contribution in [-0.2, 0) is 0 Å². The van der Waals surface area contributed by atoms with Gasteiger partial charge < -0.3 is 10.4 Å². The summed E-state index contributed by atoms with van der Waals surface area (Å²) in [4.78, 5) is 12.2. The highest BCUT2D eigenvalue weighted by molar-refractivity contribution is 5.35. The highest BCUT2D eigenvalue weighted by atomic mass is 16.3. The molecule has 0 aliphatic heterocycles. The van der Waals surface area contributed by atoms with E-state index in [1.807, 2.05) is 38.1 Å². The van der Waals surface area contributed by atoms with E-state index in [1.54, 1.807) is 28.6 Å². The van der Waals surface area contributed by atoms with Crippen LogP contribution in [0.25, 0.3) is 5.69 Å². The van der Waals surface area contributed by atoms with E-state index in [9.17, 15) is 9.90 Å². The molecule has 0 saturated carbocycles. The number of aliphatic hydroxyl groups is 1. The maximum absolute atomic E-state index is 12.2. The van der Waals surface area contributed by atoms with Gasteiger partial charge in [-0.3, -0.25) is 9.13 Å². The summed E-state index contributed by atoms with van der Waals surface area (Å²) >= 11 is 0. The van der Waals surface area contributed by atoms with Crippen LogP contribution >= 0.6 is 0 Å². The predicted molar refractivity (Wildman–Crippen MR) is 79.3 cm³/mol. The second-order valence-electron chi connectivity index (χ2n) is 5.12. The number of imidazole rings is 1. The van der Waals surface area contributed by atoms with Gasteiger partial charge in [-0.25, -0.2) is 4.79 Å². The molecule has 2 N–H and O–H groups in total. The third-order valence-electron chi connectivity index (χ3n) is 3.31. The van der Waals surface area contributed by atoms with Crippen molar-refractivity contribution in [3.8, 4) is 5.69 Å². The van der Waals surface area contributed by atoms with Gasteiger partial charge in [0.15, 0.2) is 0 Å². The van der Waals surface area contributed by atoms with Crippen LogP contribution in [0.15, 0.2) is 41.5 Å².